The highest BCUT2D eigenvalue weighted by atomic mass is 16.6. The molecule has 1 heterocycles. The summed E-state index contributed by atoms with van der Waals surface area (Å²) in [5.74, 6) is 0.614. The molecule has 0 spiro atoms. The fourth-order valence-electron chi connectivity index (χ4n) is 4.04. The summed E-state index contributed by atoms with van der Waals surface area (Å²) in [6, 6.07) is 0. The predicted octanol–water partition coefficient (Wildman–Crippen LogP) is 2.94. The molecule has 2 aliphatic rings. The van der Waals surface area contributed by atoms with Crippen LogP contribution in [0.1, 0.15) is 66.2 Å². The van der Waals surface area contributed by atoms with Crippen LogP contribution in [0.3, 0.4) is 0 Å². The van der Waals surface area contributed by atoms with Crippen LogP contribution in [0.15, 0.2) is 0 Å². The van der Waals surface area contributed by atoms with Crippen LogP contribution in [0.5, 0.6) is 0 Å². The van der Waals surface area contributed by atoms with E-state index in [1.54, 1.807) is 4.90 Å². The van der Waals surface area contributed by atoms with E-state index < -0.39 is 16.6 Å². The van der Waals surface area contributed by atoms with Crippen LogP contribution in [-0.2, 0) is 4.74 Å². The second-order valence-electron chi connectivity index (χ2n) is 8.66. The fourth-order valence-corrected chi connectivity index (χ4v) is 4.04. The van der Waals surface area contributed by atoms with E-state index in [2.05, 4.69) is 6.92 Å². The molecule has 2 N–H and O–H groups in total. The lowest BCUT2D eigenvalue weighted by Crippen LogP contribution is -2.52. The summed E-state index contributed by atoms with van der Waals surface area (Å²) in [6.07, 6.45) is 4.78. The molecule has 23 heavy (non-hydrogen) atoms. The largest absolute Gasteiger partial charge is 0.444 e. The minimum atomic E-state index is -0.886. The Kier molecular flexibility index (Phi) is 5.31. The lowest BCUT2D eigenvalue weighted by atomic mass is 9.67. The summed E-state index contributed by atoms with van der Waals surface area (Å²) in [5, 5.41) is 21.4. The number of aliphatic hydroxyl groups is 2. The van der Waals surface area contributed by atoms with Crippen LogP contribution in [0.25, 0.3) is 0 Å². The average Bonchev–Trinajstić information content (AvgIpc) is 2.82. The molecule has 1 saturated carbocycles. The number of hydrogen-bond donors (Lipinski definition) is 2. The number of ether oxygens (including phenoxy) is 1. The monoisotopic (exact) mass is 327 g/mol. The first-order valence-corrected chi connectivity index (χ1v) is 8.92. The van der Waals surface area contributed by atoms with Crippen LogP contribution in [0.2, 0.25) is 0 Å². The van der Waals surface area contributed by atoms with Gasteiger partial charge in [-0.2, -0.15) is 0 Å². The summed E-state index contributed by atoms with van der Waals surface area (Å²) in [7, 11) is 0. The second-order valence-corrected chi connectivity index (χ2v) is 8.66. The van der Waals surface area contributed by atoms with Crippen LogP contribution >= 0.6 is 0 Å². The Bertz CT molecular complexity index is 433. The number of carbonyl (C=O) groups is 1. The lowest BCUT2D eigenvalue weighted by molar-refractivity contribution is -0.113. The summed E-state index contributed by atoms with van der Waals surface area (Å²) in [4.78, 5) is 14.0. The molecule has 0 radical (unpaired) electrons. The van der Waals surface area contributed by atoms with Gasteiger partial charge in [-0.15, -0.1) is 0 Å². The van der Waals surface area contributed by atoms with Gasteiger partial charge < -0.3 is 19.8 Å². The third-order valence-corrected chi connectivity index (χ3v) is 5.63. The topological polar surface area (TPSA) is 70.0 Å². The number of aliphatic hydroxyl groups excluding tert-OH is 1. The number of amides is 1. The summed E-state index contributed by atoms with van der Waals surface area (Å²) in [6.45, 7) is 8.59. The quantitative estimate of drug-likeness (QED) is 0.765. The van der Waals surface area contributed by atoms with Gasteiger partial charge in [-0.05, 0) is 52.4 Å². The van der Waals surface area contributed by atoms with Gasteiger partial charge in [0.2, 0.25) is 0 Å². The number of nitrogens with zero attached hydrogens (tertiary/aromatic N) is 1. The summed E-state index contributed by atoms with van der Waals surface area (Å²) in [5.41, 5.74) is -2.03. The molecule has 0 aromatic rings. The van der Waals surface area contributed by atoms with Crippen molar-refractivity contribution in [3.63, 3.8) is 0 Å². The van der Waals surface area contributed by atoms with Gasteiger partial charge in [-0.1, -0.05) is 19.8 Å². The Morgan fingerprint density at radius 3 is 2.57 bits per heavy atom. The highest BCUT2D eigenvalue weighted by molar-refractivity contribution is 5.68. The van der Waals surface area contributed by atoms with Gasteiger partial charge in [0, 0.05) is 18.5 Å². The van der Waals surface area contributed by atoms with Crippen molar-refractivity contribution in [1.82, 2.24) is 4.90 Å². The Balaban J connectivity index is 2.11. The van der Waals surface area contributed by atoms with Gasteiger partial charge >= 0.3 is 6.09 Å². The smallest absolute Gasteiger partial charge is 0.410 e. The van der Waals surface area contributed by atoms with Crippen molar-refractivity contribution in [2.24, 2.45) is 11.3 Å². The lowest BCUT2D eigenvalue weighted by Gasteiger charge is -2.43. The SMILES string of the molecule is CC1CCCC(O)(C2(CO)CCN(C(=O)OC(C)(C)C)C2)CC1. The summed E-state index contributed by atoms with van der Waals surface area (Å²) < 4.78 is 5.45. The molecular weight excluding hydrogens is 294 g/mol. The Hall–Kier alpha value is -0.810. The van der Waals surface area contributed by atoms with Gasteiger partial charge in [0.25, 0.3) is 0 Å². The first kappa shape index (κ1) is 18.5. The number of likely N-dealkylation sites (tertiary alicyclic amines) is 1. The average molecular weight is 327 g/mol. The van der Waals surface area contributed by atoms with Gasteiger partial charge in [0.15, 0.2) is 0 Å². The third-order valence-electron chi connectivity index (χ3n) is 5.63. The molecule has 5 nitrogen and oxygen atoms in total. The van der Waals surface area contributed by atoms with Gasteiger partial charge in [-0.25, -0.2) is 4.79 Å². The molecule has 1 aliphatic carbocycles. The molecular formula is C18H33NO4. The molecule has 1 saturated heterocycles. The molecule has 0 bridgehead atoms. The molecule has 0 aromatic heterocycles. The minimum absolute atomic E-state index is 0.0861. The van der Waals surface area contributed by atoms with Crippen molar-refractivity contribution >= 4 is 6.09 Å². The molecule has 0 aromatic carbocycles. The van der Waals surface area contributed by atoms with E-state index >= 15 is 0 Å². The van der Waals surface area contributed by atoms with E-state index in [4.69, 9.17) is 4.74 Å². The Labute approximate surface area is 140 Å². The molecule has 5 heteroatoms. The molecule has 2 rings (SSSR count). The van der Waals surface area contributed by atoms with Crippen molar-refractivity contribution in [3.8, 4) is 0 Å². The Morgan fingerprint density at radius 1 is 1.26 bits per heavy atom. The van der Waals surface area contributed by atoms with Gasteiger partial charge in [0.1, 0.15) is 5.60 Å². The first-order chi connectivity index (χ1) is 10.6. The van der Waals surface area contributed by atoms with Crippen molar-refractivity contribution < 1.29 is 19.7 Å². The molecule has 3 unspecified atom stereocenters. The van der Waals surface area contributed by atoms with Gasteiger partial charge in [0.05, 0.1) is 12.2 Å². The van der Waals surface area contributed by atoms with Crippen LogP contribution in [0.4, 0.5) is 4.79 Å². The highest BCUT2D eigenvalue weighted by Crippen LogP contribution is 2.48. The number of hydrogen-bond acceptors (Lipinski definition) is 4. The van der Waals surface area contributed by atoms with Crippen molar-refractivity contribution in [3.05, 3.63) is 0 Å². The Morgan fingerprint density at radius 2 is 1.96 bits per heavy atom. The van der Waals surface area contributed by atoms with Crippen molar-refractivity contribution in [1.29, 1.82) is 0 Å². The highest BCUT2D eigenvalue weighted by Gasteiger charge is 2.54. The second kappa shape index (κ2) is 6.60. The maximum absolute atomic E-state index is 12.3. The maximum Gasteiger partial charge on any atom is 0.410 e. The fraction of sp³-hybridized carbons (Fsp3) is 0.944. The van der Waals surface area contributed by atoms with E-state index in [0.717, 1.165) is 19.3 Å². The van der Waals surface area contributed by atoms with E-state index in [1.807, 2.05) is 20.8 Å². The standard InChI is InChI=1S/C18H33NO4/c1-14-6-5-8-18(22,9-7-14)17(13-20)10-11-19(12-17)15(21)23-16(2,3)4/h14,20,22H,5-13H2,1-4H3. The molecule has 1 amide bonds. The number of carbonyl (C=O) groups excluding carboxylic acids is 1. The van der Waals surface area contributed by atoms with E-state index in [9.17, 15) is 15.0 Å². The maximum atomic E-state index is 12.3. The number of rotatable bonds is 2. The van der Waals surface area contributed by atoms with Crippen LogP contribution < -0.4 is 0 Å². The minimum Gasteiger partial charge on any atom is -0.444 e. The van der Waals surface area contributed by atoms with Crippen molar-refractivity contribution in [2.45, 2.75) is 77.4 Å². The van der Waals surface area contributed by atoms with E-state index in [0.29, 0.717) is 38.3 Å². The van der Waals surface area contributed by atoms with E-state index in [1.165, 1.54) is 0 Å². The van der Waals surface area contributed by atoms with E-state index in [-0.39, 0.29) is 12.7 Å². The molecule has 134 valence electrons. The zero-order chi connectivity index (χ0) is 17.3. The molecule has 2 fully saturated rings. The normalized spacial score (nSPS) is 35.9. The molecule has 3 atom stereocenters. The van der Waals surface area contributed by atoms with Crippen LogP contribution in [-0.4, -0.2) is 52.1 Å². The summed E-state index contributed by atoms with van der Waals surface area (Å²) >= 11 is 0. The van der Waals surface area contributed by atoms with Gasteiger partial charge in [-0.3, -0.25) is 0 Å². The van der Waals surface area contributed by atoms with Crippen LogP contribution in [0, 0.1) is 11.3 Å². The zero-order valence-electron chi connectivity index (χ0n) is 15.1. The molecule has 1 aliphatic heterocycles. The van der Waals surface area contributed by atoms with Crippen molar-refractivity contribution in [2.75, 3.05) is 19.7 Å². The zero-order valence-corrected chi connectivity index (χ0v) is 15.1. The third kappa shape index (κ3) is 4.00. The first-order valence-electron chi connectivity index (χ1n) is 8.92. The predicted molar refractivity (Wildman–Crippen MR) is 89.1 cm³/mol.